The van der Waals surface area contributed by atoms with Gasteiger partial charge in [-0.1, -0.05) is 27.7 Å². The number of carbonyl (C=O) groups excluding carboxylic acids is 1. The van der Waals surface area contributed by atoms with E-state index in [4.69, 9.17) is 5.73 Å². The Morgan fingerprint density at radius 2 is 1.92 bits per heavy atom. The van der Waals surface area contributed by atoms with Crippen LogP contribution in [0.25, 0.3) is 0 Å². The summed E-state index contributed by atoms with van der Waals surface area (Å²) in [6.07, 6.45) is 2.43. The van der Waals surface area contributed by atoms with Crippen LogP contribution in [-0.2, 0) is 4.79 Å². The lowest BCUT2D eigenvalue weighted by molar-refractivity contribution is -0.123. The van der Waals surface area contributed by atoms with Crippen LogP contribution in [0.5, 0.6) is 0 Å². The van der Waals surface area contributed by atoms with Crippen molar-refractivity contribution in [1.82, 2.24) is 0 Å². The molecule has 0 amide bonds. The van der Waals surface area contributed by atoms with Crippen molar-refractivity contribution in [2.45, 2.75) is 41.0 Å². The van der Waals surface area contributed by atoms with E-state index in [1.807, 2.05) is 13.8 Å². The third-order valence-corrected chi connectivity index (χ3v) is 1.94. The largest absolute Gasteiger partial charge is 0.402 e. The average Bonchev–Trinajstić information content (AvgIpc) is 1.81. The molecule has 0 unspecified atom stereocenters. The zero-order valence-corrected chi connectivity index (χ0v) is 9.35. The first-order valence-corrected chi connectivity index (χ1v) is 4.74. The van der Waals surface area contributed by atoms with Crippen LogP contribution in [0.2, 0.25) is 0 Å². The summed E-state index contributed by atoms with van der Waals surface area (Å²) in [7, 11) is 0. The summed E-state index contributed by atoms with van der Waals surface area (Å²) in [6, 6.07) is 0. The van der Waals surface area contributed by atoms with Crippen LogP contribution in [0.3, 0.4) is 0 Å². The van der Waals surface area contributed by atoms with Gasteiger partial charge in [0.25, 0.3) is 0 Å². The molecule has 0 heterocycles. The molecule has 0 spiro atoms. The maximum atomic E-state index is 11.7. The van der Waals surface area contributed by atoms with Crippen LogP contribution < -0.4 is 5.73 Å². The Kier molecular flexibility index (Phi) is 4.18. The summed E-state index contributed by atoms with van der Waals surface area (Å²) in [5.74, 6) is 0.659. The minimum absolute atomic E-state index is 0.126. The van der Waals surface area contributed by atoms with Crippen LogP contribution in [0.4, 0.5) is 0 Å². The van der Waals surface area contributed by atoms with Gasteiger partial charge in [-0.25, -0.2) is 0 Å². The van der Waals surface area contributed by atoms with Crippen LogP contribution >= 0.6 is 0 Å². The predicted molar refractivity (Wildman–Crippen MR) is 56.2 cm³/mol. The van der Waals surface area contributed by atoms with E-state index in [-0.39, 0.29) is 11.2 Å². The van der Waals surface area contributed by atoms with E-state index in [0.29, 0.717) is 11.6 Å². The van der Waals surface area contributed by atoms with Gasteiger partial charge in [-0.2, -0.15) is 0 Å². The van der Waals surface area contributed by atoms with E-state index in [1.54, 1.807) is 6.92 Å². The minimum atomic E-state index is -0.283. The number of allylic oxidation sites excluding steroid dienone is 2. The molecule has 0 aromatic rings. The molecular weight excluding hydrogens is 162 g/mol. The van der Waals surface area contributed by atoms with Crippen molar-refractivity contribution in [2.75, 3.05) is 0 Å². The Labute approximate surface area is 81.2 Å². The number of nitrogens with two attached hydrogens (primary N) is 1. The number of rotatable bonds is 4. The van der Waals surface area contributed by atoms with E-state index in [0.717, 1.165) is 6.42 Å². The summed E-state index contributed by atoms with van der Waals surface area (Å²) in [5.41, 5.74) is 5.76. The molecule has 76 valence electrons. The summed E-state index contributed by atoms with van der Waals surface area (Å²) in [6.45, 7) is 9.91. The van der Waals surface area contributed by atoms with Crippen molar-refractivity contribution < 1.29 is 4.79 Å². The van der Waals surface area contributed by atoms with Gasteiger partial charge in [0.2, 0.25) is 0 Å². The number of hydrogen-bond donors (Lipinski definition) is 1. The first kappa shape index (κ1) is 12.2. The third kappa shape index (κ3) is 4.71. The second-order valence-corrected chi connectivity index (χ2v) is 4.73. The molecule has 2 N–H and O–H groups in total. The van der Waals surface area contributed by atoms with Gasteiger partial charge in [0.15, 0.2) is 5.78 Å². The Morgan fingerprint density at radius 1 is 1.46 bits per heavy atom. The molecule has 13 heavy (non-hydrogen) atoms. The average molecular weight is 183 g/mol. The summed E-state index contributed by atoms with van der Waals surface area (Å²) in [5, 5.41) is 0. The van der Waals surface area contributed by atoms with Gasteiger partial charge in [-0.15, -0.1) is 0 Å². The molecule has 0 aliphatic carbocycles. The molecule has 0 radical (unpaired) electrons. The first-order valence-electron chi connectivity index (χ1n) is 4.74. The minimum Gasteiger partial charge on any atom is -0.402 e. The van der Waals surface area contributed by atoms with Crippen molar-refractivity contribution in [2.24, 2.45) is 17.1 Å². The maximum Gasteiger partial charge on any atom is 0.162 e. The van der Waals surface area contributed by atoms with Crippen LogP contribution in [0.15, 0.2) is 11.8 Å². The third-order valence-electron chi connectivity index (χ3n) is 1.94. The SMILES string of the molecule is C/C(N)=C/C(=O)C(C)(C)CC(C)C. The highest BCUT2D eigenvalue weighted by molar-refractivity contribution is 5.94. The molecule has 0 rings (SSSR count). The summed E-state index contributed by atoms with van der Waals surface area (Å²) in [4.78, 5) is 11.7. The summed E-state index contributed by atoms with van der Waals surface area (Å²) < 4.78 is 0. The Bertz CT molecular complexity index is 210. The lowest BCUT2D eigenvalue weighted by Crippen LogP contribution is -2.25. The van der Waals surface area contributed by atoms with Crippen molar-refractivity contribution in [1.29, 1.82) is 0 Å². The predicted octanol–water partition coefficient (Wildman–Crippen LogP) is 2.49. The lowest BCUT2D eigenvalue weighted by Gasteiger charge is -2.23. The highest BCUT2D eigenvalue weighted by Crippen LogP contribution is 2.26. The van der Waals surface area contributed by atoms with E-state index in [1.165, 1.54) is 6.08 Å². The molecule has 0 saturated carbocycles. The monoisotopic (exact) mass is 183 g/mol. The summed E-state index contributed by atoms with van der Waals surface area (Å²) >= 11 is 0. The number of carbonyl (C=O) groups is 1. The van der Waals surface area contributed by atoms with Crippen molar-refractivity contribution in [3.63, 3.8) is 0 Å². The van der Waals surface area contributed by atoms with Crippen LogP contribution in [0.1, 0.15) is 41.0 Å². The molecule has 0 aliphatic rings. The van der Waals surface area contributed by atoms with E-state index < -0.39 is 0 Å². The molecule has 0 atom stereocenters. The Morgan fingerprint density at radius 3 is 2.23 bits per heavy atom. The van der Waals surface area contributed by atoms with Gasteiger partial charge in [0.1, 0.15) is 0 Å². The fourth-order valence-corrected chi connectivity index (χ4v) is 1.52. The molecule has 2 nitrogen and oxygen atoms in total. The zero-order valence-electron chi connectivity index (χ0n) is 9.35. The molecule has 0 aromatic heterocycles. The normalized spacial score (nSPS) is 13.5. The smallest absolute Gasteiger partial charge is 0.162 e. The molecule has 0 bridgehead atoms. The lowest BCUT2D eigenvalue weighted by atomic mass is 9.80. The zero-order chi connectivity index (χ0) is 10.6. The van der Waals surface area contributed by atoms with Crippen molar-refractivity contribution in [3.8, 4) is 0 Å². The van der Waals surface area contributed by atoms with Gasteiger partial charge < -0.3 is 5.73 Å². The second-order valence-electron chi connectivity index (χ2n) is 4.73. The quantitative estimate of drug-likeness (QED) is 0.680. The maximum absolute atomic E-state index is 11.7. The molecule has 0 aliphatic heterocycles. The molecular formula is C11H21NO. The molecule has 0 fully saturated rings. The van der Waals surface area contributed by atoms with Gasteiger partial charge in [-0.05, 0) is 19.3 Å². The van der Waals surface area contributed by atoms with E-state index >= 15 is 0 Å². The fraction of sp³-hybridized carbons (Fsp3) is 0.727. The van der Waals surface area contributed by atoms with E-state index in [9.17, 15) is 4.79 Å². The molecule has 0 saturated heterocycles. The second kappa shape index (κ2) is 4.45. The van der Waals surface area contributed by atoms with Crippen LogP contribution in [0, 0.1) is 11.3 Å². The topological polar surface area (TPSA) is 43.1 Å². The highest BCUT2D eigenvalue weighted by atomic mass is 16.1. The van der Waals surface area contributed by atoms with Gasteiger partial charge in [-0.3, -0.25) is 4.79 Å². The standard InChI is InChI=1S/C11H21NO/c1-8(2)7-11(4,5)10(13)6-9(3)12/h6,8H,7,12H2,1-5H3/b9-6-. The molecule has 0 aromatic carbocycles. The molecule has 2 heteroatoms. The number of ketones is 1. The fourth-order valence-electron chi connectivity index (χ4n) is 1.52. The number of hydrogen-bond acceptors (Lipinski definition) is 2. The highest BCUT2D eigenvalue weighted by Gasteiger charge is 2.26. The Balaban J connectivity index is 4.45. The Hall–Kier alpha value is -0.790. The van der Waals surface area contributed by atoms with E-state index in [2.05, 4.69) is 13.8 Å². The van der Waals surface area contributed by atoms with Crippen molar-refractivity contribution in [3.05, 3.63) is 11.8 Å². The van der Waals surface area contributed by atoms with Gasteiger partial charge in [0, 0.05) is 17.2 Å². The van der Waals surface area contributed by atoms with Gasteiger partial charge >= 0.3 is 0 Å². The first-order chi connectivity index (χ1) is 5.75. The van der Waals surface area contributed by atoms with Gasteiger partial charge in [0.05, 0.1) is 0 Å². The van der Waals surface area contributed by atoms with Crippen LogP contribution in [-0.4, -0.2) is 5.78 Å². The van der Waals surface area contributed by atoms with Crippen molar-refractivity contribution >= 4 is 5.78 Å².